The van der Waals surface area contributed by atoms with Crippen molar-refractivity contribution in [1.29, 1.82) is 0 Å². The Morgan fingerprint density at radius 1 is 1.47 bits per heavy atom. The lowest BCUT2D eigenvalue weighted by molar-refractivity contribution is 0.0985. The topological polar surface area (TPSA) is 63.3 Å². The van der Waals surface area contributed by atoms with Crippen LogP contribution in [0.15, 0.2) is 18.2 Å². The lowest BCUT2D eigenvalue weighted by Gasteiger charge is -2.05. The first-order chi connectivity index (χ1) is 7.06. The van der Waals surface area contributed by atoms with Crippen LogP contribution < -0.4 is 5.73 Å². The molecule has 0 aromatic heterocycles. The zero-order valence-electron chi connectivity index (χ0n) is 7.91. The zero-order chi connectivity index (χ0) is 11.4. The van der Waals surface area contributed by atoms with E-state index in [-0.39, 0.29) is 24.3 Å². The van der Waals surface area contributed by atoms with Crippen LogP contribution in [0.2, 0.25) is 0 Å². The average molecular weight is 215 g/mol. The molecule has 0 unspecified atom stereocenters. The molecule has 15 heavy (non-hydrogen) atoms. The standard InChI is InChI=1S/C10H11F2NO2/c11-10(12)7-5-6(1-2-9(7)15)8(14)3-4-13/h1-2,5,10,15H,3-4,13H2. The summed E-state index contributed by atoms with van der Waals surface area (Å²) in [5.74, 6) is -0.811. The highest BCUT2D eigenvalue weighted by Gasteiger charge is 2.15. The lowest BCUT2D eigenvalue weighted by Crippen LogP contribution is -2.08. The Hall–Kier alpha value is -1.49. The summed E-state index contributed by atoms with van der Waals surface area (Å²) in [6.45, 7) is 0.170. The average Bonchev–Trinajstić information content (AvgIpc) is 2.18. The molecule has 0 aliphatic rings. The van der Waals surface area contributed by atoms with Crippen LogP contribution in [0.1, 0.15) is 28.8 Å². The molecule has 1 aromatic rings. The van der Waals surface area contributed by atoms with Crippen LogP contribution in [-0.2, 0) is 0 Å². The summed E-state index contributed by atoms with van der Waals surface area (Å²) >= 11 is 0. The minimum atomic E-state index is -2.80. The summed E-state index contributed by atoms with van der Waals surface area (Å²) in [7, 11) is 0. The number of carbonyl (C=O) groups excluding carboxylic acids is 1. The Morgan fingerprint density at radius 2 is 2.13 bits per heavy atom. The van der Waals surface area contributed by atoms with E-state index >= 15 is 0 Å². The molecule has 0 bridgehead atoms. The van der Waals surface area contributed by atoms with E-state index in [4.69, 9.17) is 10.8 Å². The summed E-state index contributed by atoms with van der Waals surface area (Å²) in [5, 5.41) is 9.10. The monoisotopic (exact) mass is 215 g/mol. The summed E-state index contributed by atoms with van der Waals surface area (Å²) in [6.07, 6.45) is -2.69. The molecule has 0 heterocycles. The van der Waals surface area contributed by atoms with E-state index < -0.39 is 17.7 Å². The van der Waals surface area contributed by atoms with Crippen LogP contribution in [-0.4, -0.2) is 17.4 Å². The van der Waals surface area contributed by atoms with Crippen LogP contribution >= 0.6 is 0 Å². The van der Waals surface area contributed by atoms with Gasteiger partial charge in [-0.1, -0.05) is 0 Å². The van der Waals surface area contributed by atoms with Crippen LogP contribution in [0.5, 0.6) is 5.75 Å². The summed E-state index contributed by atoms with van der Waals surface area (Å²) in [5.41, 5.74) is 4.79. The zero-order valence-corrected chi connectivity index (χ0v) is 7.91. The van der Waals surface area contributed by atoms with Crippen LogP contribution in [0.3, 0.4) is 0 Å². The molecule has 0 radical (unpaired) electrons. The van der Waals surface area contributed by atoms with E-state index in [0.29, 0.717) is 0 Å². The van der Waals surface area contributed by atoms with E-state index in [1.54, 1.807) is 0 Å². The molecule has 0 aliphatic carbocycles. The van der Waals surface area contributed by atoms with Crippen molar-refractivity contribution in [2.75, 3.05) is 6.54 Å². The van der Waals surface area contributed by atoms with Gasteiger partial charge in [0.15, 0.2) is 5.78 Å². The van der Waals surface area contributed by atoms with Gasteiger partial charge in [0.25, 0.3) is 6.43 Å². The molecule has 0 fully saturated rings. The number of rotatable bonds is 4. The van der Waals surface area contributed by atoms with Crippen molar-refractivity contribution in [1.82, 2.24) is 0 Å². The molecule has 0 spiro atoms. The number of alkyl halides is 2. The predicted molar refractivity (Wildman–Crippen MR) is 51.1 cm³/mol. The Morgan fingerprint density at radius 3 is 2.67 bits per heavy atom. The van der Waals surface area contributed by atoms with Crippen LogP contribution in [0, 0.1) is 0 Å². The van der Waals surface area contributed by atoms with Crippen LogP contribution in [0.25, 0.3) is 0 Å². The number of hydrogen-bond acceptors (Lipinski definition) is 3. The second kappa shape index (κ2) is 4.84. The van der Waals surface area contributed by atoms with Crippen molar-refractivity contribution >= 4 is 5.78 Å². The predicted octanol–water partition coefficient (Wildman–Crippen LogP) is 1.86. The third-order valence-electron chi connectivity index (χ3n) is 1.96. The maximum Gasteiger partial charge on any atom is 0.267 e. The number of ketones is 1. The minimum absolute atomic E-state index is 0.105. The number of carbonyl (C=O) groups is 1. The van der Waals surface area contributed by atoms with Gasteiger partial charge in [-0.15, -0.1) is 0 Å². The van der Waals surface area contributed by atoms with E-state index in [1.807, 2.05) is 0 Å². The first kappa shape index (κ1) is 11.6. The highest BCUT2D eigenvalue weighted by Crippen LogP contribution is 2.29. The molecule has 82 valence electrons. The first-order valence-corrected chi connectivity index (χ1v) is 4.40. The Kier molecular flexibility index (Phi) is 3.74. The highest BCUT2D eigenvalue weighted by molar-refractivity contribution is 5.96. The Balaban J connectivity index is 3.02. The SMILES string of the molecule is NCCC(=O)c1ccc(O)c(C(F)F)c1. The number of aromatic hydroxyl groups is 1. The van der Waals surface area contributed by atoms with Crippen molar-refractivity contribution in [3.05, 3.63) is 29.3 Å². The second-order valence-corrected chi connectivity index (χ2v) is 3.04. The number of Topliss-reactive ketones (excluding diaryl/α,β-unsaturated/α-hetero) is 1. The summed E-state index contributed by atoms with van der Waals surface area (Å²) in [6, 6.07) is 3.39. The molecule has 1 rings (SSSR count). The smallest absolute Gasteiger partial charge is 0.267 e. The van der Waals surface area contributed by atoms with Crippen molar-refractivity contribution in [2.24, 2.45) is 5.73 Å². The van der Waals surface area contributed by atoms with Crippen molar-refractivity contribution < 1.29 is 18.7 Å². The number of benzene rings is 1. The van der Waals surface area contributed by atoms with E-state index in [0.717, 1.165) is 12.1 Å². The van der Waals surface area contributed by atoms with Gasteiger partial charge in [0.2, 0.25) is 0 Å². The second-order valence-electron chi connectivity index (χ2n) is 3.04. The molecule has 0 aliphatic heterocycles. The van der Waals surface area contributed by atoms with Gasteiger partial charge in [-0.25, -0.2) is 8.78 Å². The van der Waals surface area contributed by atoms with Gasteiger partial charge in [0.1, 0.15) is 5.75 Å². The molecule has 3 nitrogen and oxygen atoms in total. The van der Waals surface area contributed by atoms with Gasteiger partial charge in [0.05, 0.1) is 5.56 Å². The van der Waals surface area contributed by atoms with Gasteiger partial charge in [-0.3, -0.25) is 4.79 Å². The fraction of sp³-hybridized carbons (Fsp3) is 0.300. The first-order valence-electron chi connectivity index (χ1n) is 4.40. The summed E-state index contributed by atoms with van der Waals surface area (Å²) < 4.78 is 24.7. The quantitative estimate of drug-likeness (QED) is 0.753. The molecule has 0 atom stereocenters. The largest absolute Gasteiger partial charge is 0.507 e. The molecular formula is C10H11F2NO2. The van der Waals surface area contributed by atoms with E-state index in [2.05, 4.69) is 0 Å². The van der Waals surface area contributed by atoms with Crippen molar-refractivity contribution in [3.63, 3.8) is 0 Å². The minimum Gasteiger partial charge on any atom is -0.507 e. The lowest BCUT2D eigenvalue weighted by atomic mass is 10.0. The van der Waals surface area contributed by atoms with Gasteiger partial charge < -0.3 is 10.8 Å². The summed E-state index contributed by atoms with van der Waals surface area (Å²) in [4.78, 5) is 11.3. The van der Waals surface area contributed by atoms with Gasteiger partial charge in [0, 0.05) is 12.0 Å². The number of nitrogens with two attached hydrogens (primary N) is 1. The fourth-order valence-corrected chi connectivity index (χ4v) is 1.18. The fourth-order valence-electron chi connectivity index (χ4n) is 1.18. The molecule has 1 aromatic carbocycles. The maximum atomic E-state index is 12.4. The van der Waals surface area contributed by atoms with Gasteiger partial charge in [-0.2, -0.15) is 0 Å². The Labute approximate surface area is 85.5 Å². The van der Waals surface area contributed by atoms with E-state index in [1.165, 1.54) is 6.07 Å². The molecule has 0 amide bonds. The number of hydrogen-bond donors (Lipinski definition) is 2. The Bertz CT molecular complexity index is 366. The number of halogens is 2. The maximum absolute atomic E-state index is 12.4. The van der Waals surface area contributed by atoms with Crippen molar-refractivity contribution in [3.8, 4) is 5.75 Å². The number of phenolic OH excluding ortho intramolecular Hbond substituents is 1. The van der Waals surface area contributed by atoms with E-state index in [9.17, 15) is 13.6 Å². The third-order valence-corrected chi connectivity index (χ3v) is 1.96. The van der Waals surface area contributed by atoms with Gasteiger partial charge >= 0.3 is 0 Å². The highest BCUT2D eigenvalue weighted by atomic mass is 19.3. The third kappa shape index (κ3) is 2.73. The van der Waals surface area contributed by atoms with Crippen LogP contribution in [0.4, 0.5) is 8.78 Å². The normalized spacial score (nSPS) is 10.7. The molecule has 0 saturated heterocycles. The van der Waals surface area contributed by atoms with Crippen molar-refractivity contribution in [2.45, 2.75) is 12.8 Å². The molecular weight excluding hydrogens is 204 g/mol. The van der Waals surface area contributed by atoms with Gasteiger partial charge in [-0.05, 0) is 24.7 Å². The number of phenols is 1. The molecule has 0 saturated carbocycles. The molecule has 5 heteroatoms. The molecule has 3 N–H and O–H groups in total.